The van der Waals surface area contributed by atoms with Gasteiger partial charge in [-0.15, -0.1) is 35.7 Å². The summed E-state index contributed by atoms with van der Waals surface area (Å²) in [7, 11) is 1.87. The maximum absolute atomic E-state index is 4.73. The molecule has 0 amide bonds. The molecule has 3 aromatic rings. The Kier molecular flexibility index (Phi) is 9.63. The van der Waals surface area contributed by atoms with Gasteiger partial charge in [-0.25, -0.2) is 15.0 Å². The quantitative estimate of drug-likeness (QED) is 0.133. The molecule has 8 nitrogen and oxygen atoms in total. The molecule has 0 atom stereocenters. The fourth-order valence-electron chi connectivity index (χ4n) is 2.95. The summed E-state index contributed by atoms with van der Waals surface area (Å²) in [6, 6.07) is 6.50. The largest absolute Gasteiger partial charge is 0.368 e. The van der Waals surface area contributed by atoms with Gasteiger partial charge in [0.05, 0.1) is 18.1 Å². The minimum Gasteiger partial charge on any atom is -0.368 e. The molecule has 162 valence electrons. The molecular weight excluding hydrogens is 511 g/mol. The van der Waals surface area contributed by atoms with E-state index in [1.165, 1.54) is 16.0 Å². The molecule has 1 aromatic carbocycles. The Morgan fingerprint density at radius 2 is 2.03 bits per heavy atom. The van der Waals surface area contributed by atoms with Crippen molar-refractivity contribution in [3.8, 4) is 0 Å². The molecule has 0 aliphatic carbocycles. The highest BCUT2D eigenvalue weighted by Crippen LogP contribution is 2.22. The first-order valence-electron chi connectivity index (χ1n) is 9.64. The molecule has 0 saturated carbocycles. The topological polar surface area (TPSA) is 92.1 Å². The zero-order valence-corrected chi connectivity index (χ0v) is 20.9. The van der Waals surface area contributed by atoms with Crippen molar-refractivity contribution in [2.45, 2.75) is 25.3 Å². The highest BCUT2D eigenvalue weighted by atomic mass is 127. The molecule has 0 saturated heterocycles. The molecule has 0 fully saturated rings. The molecule has 0 aliphatic rings. The van der Waals surface area contributed by atoms with E-state index in [0.717, 1.165) is 29.4 Å². The molecule has 2 aromatic heterocycles. The van der Waals surface area contributed by atoms with Gasteiger partial charge in [-0.2, -0.15) is 5.10 Å². The lowest BCUT2D eigenvalue weighted by molar-refractivity contribution is 0.785. The van der Waals surface area contributed by atoms with E-state index >= 15 is 0 Å². The van der Waals surface area contributed by atoms with E-state index in [1.54, 1.807) is 29.0 Å². The van der Waals surface area contributed by atoms with Crippen molar-refractivity contribution < 1.29 is 0 Å². The number of guanidine groups is 1. The van der Waals surface area contributed by atoms with E-state index in [2.05, 4.69) is 69.3 Å². The Morgan fingerprint density at radius 1 is 1.20 bits per heavy atom. The summed E-state index contributed by atoms with van der Waals surface area (Å²) in [5.41, 5.74) is 3.32. The number of nitrogens with zero attached hydrogens (tertiary/aromatic N) is 5. The number of hydrogen-bond donors (Lipinski definition) is 3. The second-order valence-corrected chi connectivity index (χ2v) is 7.44. The molecule has 2 heterocycles. The molecule has 0 bridgehead atoms. The number of anilines is 1. The minimum atomic E-state index is 0. The van der Waals surface area contributed by atoms with Crippen LogP contribution in [0.3, 0.4) is 0 Å². The van der Waals surface area contributed by atoms with E-state index < -0.39 is 0 Å². The Balaban J connectivity index is 0.00000320. The first kappa shape index (κ1) is 24.2. The van der Waals surface area contributed by atoms with Crippen molar-refractivity contribution in [2.24, 2.45) is 12.0 Å². The number of benzene rings is 1. The predicted molar refractivity (Wildman–Crippen MR) is 136 cm³/mol. The van der Waals surface area contributed by atoms with Gasteiger partial charge < -0.3 is 16.0 Å². The zero-order chi connectivity index (χ0) is 20.6. The van der Waals surface area contributed by atoms with Gasteiger partial charge in [0.25, 0.3) is 0 Å². The SMILES string of the molecule is CCNC(=NCc1ccc(C)cc1SC)NCCNc1ncnc2c1cnn2C.I. The van der Waals surface area contributed by atoms with Gasteiger partial charge in [0, 0.05) is 31.6 Å². The molecule has 0 spiro atoms. The highest BCUT2D eigenvalue weighted by Gasteiger charge is 2.07. The summed E-state index contributed by atoms with van der Waals surface area (Å²) in [5, 5.41) is 15.2. The number of nitrogens with one attached hydrogen (secondary N) is 3. The van der Waals surface area contributed by atoms with Crippen LogP contribution >= 0.6 is 35.7 Å². The van der Waals surface area contributed by atoms with Gasteiger partial charge in [-0.05, 0) is 37.3 Å². The van der Waals surface area contributed by atoms with Gasteiger partial charge in [-0.1, -0.05) is 12.1 Å². The van der Waals surface area contributed by atoms with Crippen molar-refractivity contribution in [2.75, 3.05) is 31.2 Å². The van der Waals surface area contributed by atoms with Crippen LogP contribution in [0.4, 0.5) is 5.82 Å². The van der Waals surface area contributed by atoms with E-state index in [1.807, 2.05) is 7.05 Å². The number of aromatic nitrogens is 4. The van der Waals surface area contributed by atoms with Gasteiger partial charge in [-0.3, -0.25) is 4.68 Å². The van der Waals surface area contributed by atoms with Crippen LogP contribution in [0.2, 0.25) is 0 Å². The van der Waals surface area contributed by atoms with E-state index in [0.29, 0.717) is 19.6 Å². The standard InChI is InChI=1S/C20H28N8S.HI/c1-5-21-20(24-11-15-7-6-14(2)10-17(15)29-4)23-9-8-22-18-16-12-27-28(3)19(16)26-13-25-18;/h6-7,10,12-13H,5,8-9,11H2,1-4H3,(H2,21,23,24)(H,22,25,26);1H. The van der Waals surface area contributed by atoms with Crippen molar-refractivity contribution in [1.82, 2.24) is 30.4 Å². The fourth-order valence-corrected chi connectivity index (χ4v) is 3.65. The summed E-state index contributed by atoms with van der Waals surface area (Å²) >= 11 is 1.76. The van der Waals surface area contributed by atoms with Crippen LogP contribution in [0.15, 0.2) is 40.6 Å². The number of rotatable bonds is 8. The Bertz CT molecular complexity index is 988. The second kappa shape index (κ2) is 11.9. The third-order valence-electron chi connectivity index (χ3n) is 4.43. The maximum Gasteiger partial charge on any atom is 0.191 e. The number of aryl methyl sites for hydroxylation is 2. The first-order valence-corrected chi connectivity index (χ1v) is 10.9. The Hall–Kier alpha value is -2.08. The van der Waals surface area contributed by atoms with Gasteiger partial charge in [0.15, 0.2) is 11.6 Å². The Morgan fingerprint density at radius 3 is 2.80 bits per heavy atom. The summed E-state index contributed by atoms with van der Waals surface area (Å²) in [4.78, 5) is 14.6. The highest BCUT2D eigenvalue weighted by molar-refractivity contribution is 14.0. The van der Waals surface area contributed by atoms with Crippen molar-refractivity contribution >= 4 is 58.5 Å². The summed E-state index contributed by atoms with van der Waals surface area (Å²) in [6.45, 7) is 7.04. The molecule has 30 heavy (non-hydrogen) atoms. The lowest BCUT2D eigenvalue weighted by Crippen LogP contribution is -2.39. The van der Waals surface area contributed by atoms with Crippen molar-refractivity contribution in [3.05, 3.63) is 41.9 Å². The fraction of sp³-hybridized carbons (Fsp3) is 0.400. The average Bonchev–Trinajstić information content (AvgIpc) is 3.11. The summed E-state index contributed by atoms with van der Waals surface area (Å²) < 4.78 is 1.74. The number of hydrogen-bond acceptors (Lipinski definition) is 6. The number of aliphatic imine (C=N–C) groups is 1. The smallest absolute Gasteiger partial charge is 0.191 e. The van der Waals surface area contributed by atoms with Crippen molar-refractivity contribution in [3.63, 3.8) is 0 Å². The molecule has 0 unspecified atom stereocenters. The third-order valence-corrected chi connectivity index (χ3v) is 5.25. The lowest BCUT2D eigenvalue weighted by Gasteiger charge is -2.13. The monoisotopic (exact) mass is 540 g/mol. The van der Waals surface area contributed by atoms with E-state index in [4.69, 9.17) is 4.99 Å². The third kappa shape index (κ3) is 6.21. The Labute approximate surface area is 198 Å². The second-order valence-electron chi connectivity index (χ2n) is 6.59. The van der Waals surface area contributed by atoms with Crippen LogP contribution in [-0.2, 0) is 13.6 Å². The van der Waals surface area contributed by atoms with Crippen LogP contribution < -0.4 is 16.0 Å². The molecular formula is C20H29IN8S. The molecule has 10 heteroatoms. The van der Waals surface area contributed by atoms with Crippen LogP contribution in [0.25, 0.3) is 11.0 Å². The number of fused-ring (bicyclic) bond motifs is 1. The van der Waals surface area contributed by atoms with E-state index in [-0.39, 0.29) is 24.0 Å². The van der Waals surface area contributed by atoms with Gasteiger partial charge in [0.1, 0.15) is 12.1 Å². The predicted octanol–water partition coefficient (Wildman–Crippen LogP) is 3.18. The van der Waals surface area contributed by atoms with Crippen LogP contribution in [0.5, 0.6) is 0 Å². The number of thioether (sulfide) groups is 1. The average molecular weight is 540 g/mol. The maximum atomic E-state index is 4.73. The summed E-state index contributed by atoms with van der Waals surface area (Å²) in [5.74, 6) is 1.59. The normalized spacial score (nSPS) is 11.3. The van der Waals surface area contributed by atoms with Gasteiger partial charge in [0.2, 0.25) is 0 Å². The zero-order valence-electron chi connectivity index (χ0n) is 17.8. The molecule has 0 aliphatic heterocycles. The summed E-state index contributed by atoms with van der Waals surface area (Å²) in [6.07, 6.45) is 5.43. The number of halogens is 1. The minimum absolute atomic E-state index is 0. The first-order chi connectivity index (χ1) is 14.1. The lowest BCUT2D eigenvalue weighted by atomic mass is 10.1. The van der Waals surface area contributed by atoms with Gasteiger partial charge >= 0.3 is 0 Å². The van der Waals surface area contributed by atoms with E-state index in [9.17, 15) is 0 Å². The van der Waals surface area contributed by atoms with Crippen molar-refractivity contribution in [1.29, 1.82) is 0 Å². The molecule has 3 rings (SSSR count). The van der Waals surface area contributed by atoms with Crippen LogP contribution in [0.1, 0.15) is 18.1 Å². The van der Waals surface area contributed by atoms with Crippen LogP contribution in [0, 0.1) is 6.92 Å². The van der Waals surface area contributed by atoms with Crippen LogP contribution in [-0.4, -0.2) is 51.6 Å². The molecule has 0 radical (unpaired) electrons. The molecule has 3 N–H and O–H groups in total.